The zero-order valence-electron chi connectivity index (χ0n) is 14.1. The Morgan fingerprint density at radius 3 is 2.48 bits per heavy atom. The van der Waals surface area contributed by atoms with Crippen molar-refractivity contribution in [3.05, 3.63) is 34.9 Å². The third kappa shape index (κ3) is 4.55. The highest BCUT2D eigenvalue weighted by atomic mass is 16.3. The Hall–Kier alpha value is -0.860. The Balaban J connectivity index is 2.06. The molecule has 1 saturated carbocycles. The summed E-state index contributed by atoms with van der Waals surface area (Å²) >= 11 is 0. The maximum Gasteiger partial charge on any atom is 0.131 e. The van der Waals surface area contributed by atoms with E-state index in [4.69, 9.17) is 0 Å². The van der Waals surface area contributed by atoms with E-state index in [9.17, 15) is 5.11 Å². The van der Waals surface area contributed by atoms with Crippen molar-refractivity contribution in [2.45, 2.75) is 71.4 Å². The van der Waals surface area contributed by atoms with Gasteiger partial charge in [-0.1, -0.05) is 63.8 Å². The fraction of sp³-hybridized carbons (Fsp3) is 0.684. The summed E-state index contributed by atoms with van der Waals surface area (Å²) in [5.41, 5.74) is 3.58. The minimum absolute atomic E-state index is 0.0504. The molecule has 21 heavy (non-hydrogen) atoms. The first-order valence-electron chi connectivity index (χ1n) is 8.40. The van der Waals surface area contributed by atoms with Crippen molar-refractivity contribution >= 4 is 0 Å². The highest BCUT2D eigenvalue weighted by Gasteiger charge is 2.22. The van der Waals surface area contributed by atoms with E-state index in [1.807, 2.05) is 0 Å². The standard InChI is InChI=1S/C19H31NO/c1-14-10-11-16(17(12-14)19(2,3)4)18(21)20-13-15-8-6-5-7-9-15/h10-12,15,18,20-21H,5-9,13H2,1-4H3. The van der Waals surface area contributed by atoms with Crippen LogP contribution >= 0.6 is 0 Å². The lowest BCUT2D eigenvalue weighted by Gasteiger charge is -2.28. The number of nitrogens with one attached hydrogen (secondary N) is 1. The van der Waals surface area contributed by atoms with Gasteiger partial charge in [0.15, 0.2) is 0 Å². The molecule has 1 aromatic rings. The second kappa shape index (κ2) is 6.93. The SMILES string of the molecule is Cc1ccc(C(O)NCC2CCCCC2)c(C(C)(C)C)c1. The molecular formula is C19H31NO. The summed E-state index contributed by atoms with van der Waals surface area (Å²) in [5.74, 6) is 0.733. The zero-order chi connectivity index (χ0) is 15.5. The van der Waals surface area contributed by atoms with Crippen molar-refractivity contribution in [2.24, 2.45) is 5.92 Å². The van der Waals surface area contributed by atoms with E-state index in [1.54, 1.807) is 0 Å². The second-order valence-corrected chi connectivity index (χ2v) is 7.66. The van der Waals surface area contributed by atoms with Gasteiger partial charge in [-0.25, -0.2) is 0 Å². The van der Waals surface area contributed by atoms with Gasteiger partial charge in [0.1, 0.15) is 6.23 Å². The average molecular weight is 289 g/mol. The van der Waals surface area contributed by atoms with Crippen LogP contribution in [0.2, 0.25) is 0 Å². The number of rotatable bonds is 4. The molecule has 2 nitrogen and oxygen atoms in total. The van der Waals surface area contributed by atoms with Crippen LogP contribution in [-0.2, 0) is 5.41 Å². The Kier molecular flexibility index (Phi) is 5.45. The van der Waals surface area contributed by atoms with Gasteiger partial charge in [0, 0.05) is 6.54 Å². The van der Waals surface area contributed by atoms with Crippen LogP contribution in [-0.4, -0.2) is 11.7 Å². The molecule has 0 spiro atoms. The molecule has 2 heteroatoms. The molecule has 1 atom stereocenters. The molecule has 0 aromatic heterocycles. The summed E-state index contributed by atoms with van der Waals surface area (Å²) in [7, 11) is 0. The molecule has 1 aromatic carbocycles. The van der Waals surface area contributed by atoms with Gasteiger partial charge in [0.25, 0.3) is 0 Å². The Labute approximate surface area is 130 Å². The van der Waals surface area contributed by atoms with E-state index < -0.39 is 6.23 Å². The Bertz CT molecular complexity index is 455. The summed E-state index contributed by atoms with van der Waals surface area (Å²) in [5, 5.41) is 13.9. The van der Waals surface area contributed by atoms with Crippen molar-refractivity contribution in [1.29, 1.82) is 0 Å². The largest absolute Gasteiger partial charge is 0.374 e. The topological polar surface area (TPSA) is 32.3 Å². The third-order valence-electron chi connectivity index (χ3n) is 4.64. The van der Waals surface area contributed by atoms with Crippen molar-refractivity contribution < 1.29 is 5.11 Å². The predicted octanol–water partition coefficient (Wildman–Crippen LogP) is 4.45. The Morgan fingerprint density at radius 2 is 1.86 bits per heavy atom. The van der Waals surface area contributed by atoms with Crippen LogP contribution in [0.1, 0.15) is 75.8 Å². The summed E-state index contributed by atoms with van der Waals surface area (Å²) < 4.78 is 0. The average Bonchev–Trinajstić information content (AvgIpc) is 2.45. The van der Waals surface area contributed by atoms with E-state index in [1.165, 1.54) is 43.2 Å². The lowest BCUT2D eigenvalue weighted by molar-refractivity contribution is 0.126. The first-order chi connectivity index (χ1) is 9.88. The van der Waals surface area contributed by atoms with Crippen LogP contribution in [0.4, 0.5) is 0 Å². The number of hydrogen-bond donors (Lipinski definition) is 2. The molecule has 0 saturated heterocycles. The quantitative estimate of drug-likeness (QED) is 0.802. The number of aliphatic hydroxyl groups excluding tert-OH is 1. The van der Waals surface area contributed by atoms with Crippen molar-refractivity contribution in [3.63, 3.8) is 0 Å². The van der Waals surface area contributed by atoms with Crippen molar-refractivity contribution in [1.82, 2.24) is 5.32 Å². The maximum atomic E-state index is 10.6. The fourth-order valence-corrected chi connectivity index (χ4v) is 3.34. The molecule has 1 unspecified atom stereocenters. The van der Waals surface area contributed by atoms with E-state index in [-0.39, 0.29) is 5.41 Å². The van der Waals surface area contributed by atoms with E-state index in [0.717, 1.165) is 18.0 Å². The molecule has 0 aliphatic heterocycles. The van der Waals surface area contributed by atoms with Gasteiger partial charge in [-0.15, -0.1) is 0 Å². The maximum absolute atomic E-state index is 10.6. The molecule has 1 fully saturated rings. The van der Waals surface area contributed by atoms with Gasteiger partial charge in [-0.2, -0.15) is 0 Å². The molecule has 118 valence electrons. The van der Waals surface area contributed by atoms with Gasteiger partial charge in [0.2, 0.25) is 0 Å². The lowest BCUT2D eigenvalue weighted by Crippen LogP contribution is -2.30. The van der Waals surface area contributed by atoms with Gasteiger partial charge < -0.3 is 5.11 Å². The zero-order valence-corrected chi connectivity index (χ0v) is 14.1. The van der Waals surface area contributed by atoms with Gasteiger partial charge in [0.05, 0.1) is 0 Å². The van der Waals surface area contributed by atoms with Gasteiger partial charge in [-0.3, -0.25) is 5.32 Å². The van der Waals surface area contributed by atoms with E-state index >= 15 is 0 Å². The van der Waals surface area contributed by atoms with Crippen LogP contribution in [0.25, 0.3) is 0 Å². The minimum Gasteiger partial charge on any atom is -0.374 e. The molecule has 0 heterocycles. The summed E-state index contributed by atoms with van der Waals surface area (Å²) in [6.45, 7) is 9.66. The smallest absolute Gasteiger partial charge is 0.131 e. The van der Waals surface area contributed by atoms with E-state index in [0.29, 0.717) is 0 Å². The highest BCUT2D eigenvalue weighted by molar-refractivity contribution is 5.37. The molecule has 1 aliphatic rings. The second-order valence-electron chi connectivity index (χ2n) is 7.66. The number of hydrogen-bond acceptors (Lipinski definition) is 2. The third-order valence-corrected chi connectivity index (χ3v) is 4.64. The summed E-state index contributed by atoms with van der Waals surface area (Å²) in [6, 6.07) is 6.38. The number of aliphatic hydroxyl groups is 1. The first-order valence-corrected chi connectivity index (χ1v) is 8.40. The van der Waals surface area contributed by atoms with Crippen LogP contribution in [0.15, 0.2) is 18.2 Å². The molecule has 2 N–H and O–H groups in total. The predicted molar refractivity (Wildman–Crippen MR) is 89.4 cm³/mol. The highest BCUT2D eigenvalue weighted by Crippen LogP contribution is 2.30. The summed E-state index contributed by atoms with van der Waals surface area (Å²) in [6.07, 6.45) is 6.13. The van der Waals surface area contributed by atoms with Crippen LogP contribution in [0.3, 0.4) is 0 Å². The van der Waals surface area contributed by atoms with E-state index in [2.05, 4.69) is 51.2 Å². The molecule has 0 amide bonds. The minimum atomic E-state index is -0.554. The molecule has 0 radical (unpaired) electrons. The van der Waals surface area contributed by atoms with Crippen molar-refractivity contribution in [2.75, 3.05) is 6.54 Å². The van der Waals surface area contributed by atoms with Gasteiger partial charge >= 0.3 is 0 Å². The molecule has 1 aliphatic carbocycles. The number of benzene rings is 1. The monoisotopic (exact) mass is 289 g/mol. The van der Waals surface area contributed by atoms with Crippen molar-refractivity contribution in [3.8, 4) is 0 Å². The van der Waals surface area contributed by atoms with Crippen LogP contribution in [0, 0.1) is 12.8 Å². The van der Waals surface area contributed by atoms with Crippen LogP contribution < -0.4 is 5.32 Å². The first kappa shape index (κ1) is 16.5. The summed E-state index contributed by atoms with van der Waals surface area (Å²) in [4.78, 5) is 0. The molecule has 2 rings (SSSR count). The van der Waals surface area contributed by atoms with Gasteiger partial charge in [-0.05, 0) is 42.2 Å². The normalized spacial score (nSPS) is 18.7. The number of aryl methyl sites for hydroxylation is 1. The molecule has 0 bridgehead atoms. The fourth-order valence-electron chi connectivity index (χ4n) is 3.34. The van der Waals surface area contributed by atoms with Crippen LogP contribution in [0.5, 0.6) is 0 Å². The Morgan fingerprint density at radius 1 is 1.19 bits per heavy atom. The molecular weight excluding hydrogens is 258 g/mol. The lowest BCUT2D eigenvalue weighted by atomic mass is 9.82.